The minimum absolute atomic E-state index is 0.0642. The lowest BCUT2D eigenvalue weighted by atomic mass is 9.84. The van der Waals surface area contributed by atoms with Crippen LogP contribution in [0.4, 0.5) is 0 Å². The Kier molecular flexibility index (Phi) is 15.3. The maximum absolute atomic E-state index is 13.3. The molecule has 0 amide bonds. The van der Waals surface area contributed by atoms with Crippen molar-refractivity contribution in [2.45, 2.75) is 79.4 Å². The Morgan fingerprint density at radius 2 is 1.00 bits per heavy atom. The largest absolute Gasteiger partial charge is 0.466 e. The van der Waals surface area contributed by atoms with Crippen LogP contribution in [0.1, 0.15) is 75.9 Å². The standard InChI is InChI=1S/C36H50N4O8/c1-7-31(27(17-33(41)45-9-3)15-29-19-37-23-39(29)5)35(43)47-21-25-11-13-26(14-12-25)22-48-36(44)32(8-2)28(18-34(42)46-10-4)16-30-20-38-24-40(30)6/h11-14,19-20,23-24,27-28,31-32H,7-10,15-18,21-22H2,1-6H3. The van der Waals surface area contributed by atoms with E-state index in [0.29, 0.717) is 25.7 Å². The molecule has 12 heteroatoms. The fourth-order valence-electron chi connectivity index (χ4n) is 5.92. The number of hydrogen-bond acceptors (Lipinski definition) is 10. The summed E-state index contributed by atoms with van der Waals surface area (Å²) in [6.07, 6.45) is 9.05. The van der Waals surface area contributed by atoms with E-state index >= 15 is 0 Å². The predicted octanol–water partition coefficient (Wildman–Crippen LogP) is 4.92. The van der Waals surface area contributed by atoms with Gasteiger partial charge in [0.2, 0.25) is 0 Å². The Labute approximate surface area is 283 Å². The number of nitrogens with zero attached hydrogens (tertiary/aromatic N) is 4. The summed E-state index contributed by atoms with van der Waals surface area (Å²) in [7, 11) is 3.76. The maximum atomic E-state index is 13.3. The zero-order chi connectivity index (χ0) is 35.1. The number of rotatable bonds is 20. The molecule has 2 heterocycles. The number of aromatic nitrogens is 4. The van der Waals surface area contributed by atoms with E-state index in [2.05, 4.69) is 9.97 Å². The van der Waals surface area contributed by atoms with Crippen LogP contribution in [-0.4, -0.2) is 56.2 Å². The zero-order valence-corrected chi connectivity index (χ0v) is 29.1. The van der Waals surface area contributed by atoms with Gasteiger partial charge in [0.1, 0.15) is 13.2 Å². The summed E-state index contributed by atoms with van der Waals surface area (Å²) in [5.74, 6) is -3.05. The molecule has 48 heavy (non-hydrogen) atoms. The van der Waals surface area contributed by atoms with Gasteiger partial charge >= 0.3 is 23.9 Å². The molecule has 0 aliphatic heterocycles. The topological polar surface area (TPSA) is 141 Å². The molecule has 1 aromatic carbocycles. The first-order chi connectivity index (χ1) is 23.1. The second-order valence-corrected chi connectivity index (χ2v) is 12.0. The van der Waals surface area contributed by atoms with Crippen molar-refractivity contribution in [2.24, 2.45) is 37.8 Å². The van der Waals surface area contributed by atoms with Gasteiger partial charge in [0.15, 0.2) is 0 Å². The van der Waals surface area contributed by atoms with Crippen LogP contribution >= 0.6 is 0 Å². The number of imidazole rings is 2. The summed E-state index contributed by atoms with van der Waals surface area (Å²) < 4.78 is 25.6. The first kappa shape index (κ1) is 38.0. The number of carbonyl (C=O) groups is 4. The maximum Gasteiger partial charge on any atom is 0.309 e. The molecule has 3 rings (SSSR count). The normalized spacial score (nSPS) is 13.6. The molecule has 0 N–H and O–H groups in total. The van der Waals surface area contributed by atoms with Crippen LogP contribution in [0.3, 0.4) is 0 Å². The molecule has 0 aliphatic rings. The highest BCUT2D eigenvalue weighted by atomic mass is 16.5. The molecule has 4 atom stereocenters. The van der Waals surface area contributed by atoms with Crippen molar-refractivity contribution in [3.63, 3.8) is 0 Å². The number of aryl methyl sites for hydroxylation is 2. The second-order valence-electron chi connectivity index (χ2n) is 12.0. The van der Waals surface area contributed by atoms with E-state index in [1.165, 1.54) is 0 Å². The zero-order valence-electron chi connectivity index (χ0n) is 29.1. The van der Waals surface area contributed by atoms with Crippen molar-refractivity contribution < 1.29 is 38.1 Å². The minimum Gasteiger partial charge on any atom is -0.466 e. The van der Waals surface area contributed by atoms with Crippen LogP contribution in [-0.2, 0) is 78.3 Å². The quantitative estimate of drug-likeness (QED) is 0.121. The van der Waals surface area contributed by atoms with Crippen LogP contribution in [0.15, 0.2) is 49.3 Å². The molecule has 0 radical (unpaired) electrons. The molecule has 0 bridgehead atoms. The molecule has 12 nitrogen and oxygen atoms in total. The summed E-state index contributed by atoms with van der Waals surface area (Å²) in [6, 6.07) is 7.30. The number of esters is 4. The molecular formula is C36H50N4O8. The molecular weight excluding hydrogens is 616 g/mol. The van der Waals surface area contributed by atoms with Crippen molar-refractivity contribution in [1.29, 1.82) is 0 Å². The van der Waals surface area contributed by atoms with E-state index in [-0.39, 0.29) is 75.0 Å². The van der Waals surface area contributed by atoms with E-state index in [0.717, 1.165) is 22.5 Å². The van der Waals surface area contributed by atoms with E-state index in [4.69, 9.17) is 18.9 Å². The van der Waals surface area contributed by atoms with Crippen molar-refractivity contribution >= 4 is 23.9 Å². The van der Waals surface area contributed by atoms with E-state index in [1.54, 1.807) is 38.9 Å². The summed E-state index contributed by atoms with van der Waals surface area (Å²) in [5, 5.41) is 0. The van der Waals surface area contributed by atoms with E-state index < -0.39 is 11.8 Å². The van der Waals surface area contributed by atoms with Gasteiger partial charge in [-0.25, -0.2) is 9.97 Å². The number of benzene rings is 1. The third-order valence-electron chi connectivity index (χ3n) is 8.65. The first-order valence-corrected chi connectivity index (χ1v) is 16.7. The van der Waals surface area contributed by atoms with Gasteiger partial charge in [-0.05, 0) is 62.5 Å². The van der Waals surface area contributed by atoms with Gasteiger partial charge in [-0.15, -0.1) is 0 Å². The lowest BCUT2D eigenvalue weighted by Gasteiger charge is -2.24. The Hall–Kier alpha value is -4.48. The van der Waals surface area contributed by atoms with E-state index in [1.807, 2.05) is 61.3 Å². The van der Waals surface area contributed by atoms with Crippen LogP contribution in [0.5, 0.6) is 0 Å². The average molecular weight is 667 g/mol. The Morgan fingerprint density at radius 3 is 1.29 bits per heavy atom. The summed E-state index contributed by atoms with van der Waals surface area (Å²) in [5.41, 5.74) is 3.39. The van der Waals surface area contributed by atoms with Gasteiger partial charge in [0, 0.05) is 50.7 Å². The third kappa shape index (κ3) is 11.3. The fourth-order valence-corrected chi connectivity index (χ4v) is 5.92. The van der Waals surface area contributed by atoms with Crippen LogP contribution in [0.25, 0.3) is 0 Å². The highest BCUT2D eigenvalue weighted by Gasteiger charge is 2.33. The van der Waals surface area contributed by atoms with Crippen LogP contribution in [0.2, 0.25) is 0 Å². The van der Waals surface area contributed by atoms with Crippen molar-refractivity contribution in [3.05, 3.63) is 71.8 Å². The molecule has 0 fully saturated rings. The lowest BCUT2D eigenvalue weighted by molar-refractivity contribution is -0.155. The van der Waals surface area contributed by atoms with Crippen molar-refractivity contribution in [1.82, 2.24) is 19.1 Å². The monoisotopic (exact) mass is 666 g/mol. The van der Waals surface area contributed by atoms with Gasteiger partial charge in [-0.1, -0.05) is 38.1 Å². The van der Waals surface area contributed by atoms with Gasteiger partial charge < -0.3 is 28.1 Å². The molecule has 4 unspecified atom stereocenters. The molecule has 0 spiro atoms. The van der Waals surface area contributed by atoms with Gasteiger partial charge in [0.25, 0.3) is 0 Å². The van der Waals surface area contributed by atoms with Gasteiger partial charge in [0.05, 0.1) is 37.7 Å². The summed E-state index contributed by atoms with van der Waals surface area (Å²) in [4.78, 5) is 59.7. The minimum atomic E-state index is -0.500. The molecule has 0 saturated carbocycles. The molecule has 262 valence electrons. The van der Waals surface area contributed by atoms with Crippen molar-refractivity contribution in [2.75, 3.05) is 13.2 Å². The average Bonchev–Trinajstić information content (AvgIpc) is 3.66. The third-order valence-corrected chi connectivity index (χ3v) is 8.65. The molecule has 0 saturated heterocycles. The highest BCUT2D eigenvalue weighted by Crippen LogP contribution is 2.28. The van der Waals surface area contributed by atoms with E-state index in [9.17, 15) is 19.2 Å². The summed E-state index contributed by atoms with van der Waals surface area (Å²) >= 11 is 0. The number of hydrogen-bond donors (Lipinski definition) is 0. The Bertz CT molecular complexity index is 1360. The van der Waals surface area contributed by atoms with Gasteiger partial charge in [-0.2, -0.15) is 0 Å². The summed E-state index contributed by atoms with van der Waals surface area (Å²) in [6.45, 7) is 8.00. The predicted molar refractivity (Wildman–Crippen MR) is 177 cm³/mol. The van der Waals surface area contributed by atoms with Crippen LogP contribution < -0.4 is 0 Å². The number of carbonyl (C=O) groups excluding carboxylic acids is 4. The highest BCUT2D eigenvalue weighted by molar-refractivity contribution is 5.76. The van der Waals surface area contributed by atoms with Gasteiger partial charge in [-0.3, -0.25) is 19.2 Å². The smallest absolute Gasteiger partial charge is 0.309 e. The molecule has 0 aliphatic carbocycles. The first-order valence-electron chi connectivity index (χ1n) is 16.7. The molecule has 3 aromatic rings. The van der Waals surface area contributed by atoms with Crippen molar-refractivity contribution in [3.8, 4) is 0 Å². The second kappa shape index (κ2) is 19.4. The number of ether oxygens (including phenoxy) is 4. The molecule has 2 aromatic heterocycles. The van der Waals surface area contributed by atoms with Crippen LogP contribution in [0, 0.1) is 23.7 Å². The fraction of sp³-hybridized carbons (Fsp3) is 0.556. The Balaban J connectivity index is 1.59. The lowest BCUT2D eigenvalue weighted by Crippen LogP contribution is -2.30. The Morgan fingerprint density at radius 1 is 0.625 bits per heavy atom. The SMILES string of the molecule is CCOC(=O)CC(Cc1cncn1C)C(CC)C(=O)OCc1ccc(COC(=O)C(CC)C(CC(=O)OCC)Cc2cncn2C)cc1.